The van der Waals surface area contributed by atoms with Crippen molar-refractivity contribution in [3.05, 3.63) is 40.8 Å². The summed E-state index contributed by atoms with van der Waals surface area (Å²) in [5, 5.41) is 9.49. The number of aryl methyl sites for hydroxylation is 1. The van der Waals surface area contributed by atoms with E-state index < -0.39 is 5.97 Å². The molecule has 1 N–H and O–H groups in total. The van der Waals surface area contributed by atoms with Crippen LogP contribution in [0.15, 0.2) is 24.5 Å². The Kier molecular flexibility index (Phi) is 3.28. The minimum Gasteiger partial charge on any atom is -0.492 e. The number of rotatable bonds is 2. The van der Waals surface area contributed by atoms with Crippen LogP contribution in [-0.2, 0) is 6.42 Å². The summed E-state index contributed by atoms with van der Waals surface area (Å²) >= 11 is 6.21. The van der Waals surface area contributed by atoms with E-state index in [2.05, 4.69) is 9.97 Å². The van der Waals surface area contributed by atoms with Crippen molar-refractivity contribution in [2.75, 3.05) is 6.61 Å². The van der Waals surface area contributed by atoms with E-state index in [4.69, 9.17) is 21.4 Å². The molecule has 1 aliphatic heterocycles. The minimum atomic E-state index is -1.08. The smallest absolute Gasteiger partial charge is 0.354 e. The van der Waals surface area contributed by atoms with Crippen LogP contribution in [0.3, 0.4) is 0 Å². The van der Waals surface area contributed by atoms with Crippen LogP contribution in [0.5, 0.6) is 5.75 Å². The third-order valence-electron chi connectivity index (χ3n) is 3.14. The molecule has 0 atom stereocenters. The summed E-state index contributed by atoms with van der Waals surface area (Å²) in [6.07, 6.45) is 3.07. The van der Waals surface area contributed by atoms with Crippen molar-refractivity contribution < 1.29 is 14.6 Å². The maximum Gasteiger partial charge on any atom is 0.354 e. The van der Waals surface area contributed by atoms with Crippen LogP contribution < -0.4 is 4.74 Å². The van der Waals surface area contributed by atoms with Crippen molar-refractivity contribution in [3.8, 4) is 17.0 Å². The Morgan fingerprint density at radius 3 is 2.95 bits per heavy atom. The molecule has 102 valence electrons. The van der Waals surface area contributed by atoms with E-state index in [0.717, 1.165) is 24.0 Å². The van der Waals surface area contributed by atoms with Gasteiger partial charge in [0.1, 0.15) is 12.1 Å². The molecule has 5 nitrogen and oxygen atoms in total. The van der Waals surface area contributed by atoms with Gasteiger partial charge in [0.25, 0.3) is 0 Å². The minimum absolute atomic E-state index is 0.0416. The van der Waals surface area contributed by atoms with E-state index in [1.54, 1.807) is 6.07 Å². The van der Waals surface area contributed by atoms with Gasteiger partial charge >= 0.3 is 5.97 Å². The highest BCUT2D eigenvalue weighted by Crippen LogP contribution is 2.36. The van der Waals surface area contributed by atoms with Gasteiger partial charge in [0.2, 0.25) is 0 Å². The summed E-state index contributed by atoms with van der Waals surface area (Å²) in [5.41, 5.74) is 2.28. The van der Waals surface area contributed by atoms with Crippen LogP contribution in [0, 0.1) is 0 Å². The highest BCUT2D eigenvalue weighted by atomic mass is 35.5. The first-order valence-electron chi connectivity index (χ1n) is 6.16. The largest absolute Gasteiger partial charge is 0.492 e. The second-order valence-corrected chi connectivity index (χ2v) is 4.90. The van der Waals surface area contributed by atoms with Crippen molar-refractivity contribution in [2.24, 2.45) is 0 Å². The van der Waals surface area contributed by atoms with Gasteiger partial charge in [-0.25, -0.2) is 14.8 Å². The number of aromatic nitrogens is 2. The van der Waals surface area contributed by atoms with Crippen LogP contribution in [0.25, 0.3) is 11.3 Å². The molecule has 6 heteroatoms. The maximum absolute atomic E-state index is 10.9. The van der Waals surface area contributed by atoms with Gasteiger partial charge in [-0.2, -0.15) is 0 Å². The topological polar surface area (TPSA) is 72.3 Å². The quantitative estimate of drug-likeness (QED) is 0.921. The van der Waals surface area contributed by atoms with Crippen molar-refractivity contribution in [2.45, 2.75) is 12.8 Å². The first kappa shape index (κ1) is 12.9. The lowest BCUT2D eigenvalue weighted by Crippen LogP contribution is -2.09. The van der Waals surface area contributed by atoms with Gasteiger partial charge in [0.05, 0.1) is 17.3 Å². The number of benzene rings is 1. The van der Waals surface area contributed by atoms with E-state index in [1.807, 2.05) is 6.07 Å². The van der Waals surface area contributed by atoms with E-state index in [1.165, 1.54) is 12.4 Å². The van der Waals surface area contributed by atoms with Gasteiger partial charge in [-0.3, -0.25) is 0 Å². The van der Waals surface area contributed by atoms with Gasteiger partial charge in [-0.05, 0) is 36.6 Å². The van der Waals surface area contributed by atoms with Crippen LogP contribution in [0.2, 0.25) is 5.02 Å². The third kappa shape index (κ3) is 2.32. The van der Waals surface area contributed by atoms with E-state index in [9.17, 15) is 4.79 Å². The molecule has 1 aromatic heterocycles. The average molecular weight is 291 g/mol. The van der Waals surface area contributed by atoms with Crippen molar-refractivity contribution >= 4 is 17.6 Å². The Morgan fingerprint density at radius 2 is 2.15 bits per heavy atom. The number of nitrogens with zero attached hydrogens (tertiary/aromatic N) is 2. The fourth-order valence-electron chi connectivity index (χ4n) is 2.21. The molecule has 3 rings (SSSR count). The molecular weight excluding hydrogens is 280 g/mol. The molecule has 0 spiro atoms. The molecule has 0 aliphatic carbocycles. The zero-order chi connectivity index (χ0) is 14.1. The number of carbonyl (C=O) groups is 1. The van der Waals surface area contributed by atoms with Crippen molar-refractivity contribution in [1.82, 2.24) is 9.97 Å². The van der Waals surface area contributed by atoms with E-state index in [-0.39, 0.29) is 5.69 Å². The highest BCUT2D eigenvalue weighted by Gasteiger charge is 2.17. The van der Waals surface area contributed by atoms with Crippen molar-refractivity contribution in [3.63, 3.8) is 0 Å². The molecule has 1 aliphatic rings. The molecule has 0 saturated carbocycles. The fraction of sp³-hybridized carbons (Fsp3) is 0.214. The average Bonchev–Trinajstić information content (AvgIpc) is 2.47. The highest BCUT2D eigenvalue weighted by molar-refractivity contribution is 6.32. The maximum atomic E-state index is 10.9. The number of aromatic carboxylic acids is 1. The Bertz CT molecular complexity index is 688. The van der Waals surface area contributed by atoms with Gasteiger partial charge < -0.3 is 9.84 Å². The molecular formula is C14H11ClN2O3. The second kappa shape index (κ2) is 5.09. The number of carboxylic acids is 1. The summed E-state index contributed by atoms with van der Waals surface area (Å²) < 4.78 is 5.55. The Hall–Kier alpha value is -2.14. The number of ether oxygens (including phenoxy) is 1. The van der Waals surface area contributed by atoms with Gasteiger partial charge in [0.15, 0.2) is 5.69 Å². The molecule has 1 aromatic carbocycles. The molecule has 0 bridgehead atoms. The summed E-state index contributed by atoms with van der Waals surface area (Å²) in [4.78, 5) is 18.8. The number of carboxylic acid groups (broad SMARTS) is 1. The Balaban J connectivity index is 2.08. The van der Waals surface area contributed by atoms with Crippen LogP contribution in [0.4, 0.5) is 0 Å². The molecule has 0 amide bonds. The monoisotopic (exact) mass is 290 g/mol. The summed E-state index contributed by atoms with van der Waals surface area (Å²) in [6, 6.07) is 5.11. The number of hydrogen-bond donors (Lipinski definition) is 1. The van der Waals surface area contributed by atoms with E-state index in [0.29, 0.717) is 23.1 Å². The summed E-state index contributed by atoms with van der Waals surface area (Å²) in [7, 11) is 0. The zero-order valence-electron chi connectivity index (χ0n) is 10.5. The lowest BCUT2D eigenvalue weighted by Gasteiger charge is -2.19. The number of fused-ring (bicyclic) bond motifs is 1. The van der Waals surface area contributed by atoms with Gasteiger partial charge in [-0.1, -0.05) is 11.6 Å². The summed E-state index contributed by atoms with van der Waals surface area (Å²) in [6.45, 7) is 0.669. The van der Waals surface area contributed by atoms with Crippen molar-refractivity contribution in [1.29, 1.82) is 0 Å². The molecule has 0 saturated heterocycles. The van der Waals surface area contributed by atoms with Crippen LogP contribution >= 0.6 is 11.6 Å². The first-order chi connectivity index (χ1) is 9.65. The SMILES string of the molecule is O=C(O)c1cc(-c2cc(Cl)c3c(c2)CCCO3)ncn1. The molecule has 20 heavy (non-hydrogen) atoms. The Labute approximate surface area is 120 Å². The second-order valence-electron chi connectivity index (χ2n) is 4.49. The van der Waals surface area contributed by atoms with Gasteiger partial charge in [0, 0.05) is 5.56 Å². The lowest BCUT2D eigenvalue weighted by atomic mass is 10.0. The zero-order valence-corrected chi connectivity index (χ0v) is 11.2. The summed E-state index contributed by atoms with van der Waals surface area (Å²) in [5.74, 6) is -0.366. The molecule has 2 aromatic rings. The van der Waals surface area contributed by atoms with Gasteiger partial charge in [-0.15, -0.1) is 0 Å². The van der Waals surface area contributed by atoms with Crippen LogP contribution in [-0.4, -0.2) is 27.7 Å². The van der Waals surface area contributed by atoms with Crippen LogP contribution in [0.1, 0.15) is 22.5 Å². The standard InChI is InChI=1S/C14H11ClN2O3/c15-10-5-9(4-8-2-1-3-20-13(8)10)11-6-12(14(18)19)17-7-16-11/h4-7H,1-3H2,(H,18,19). The lowest BCUT2D eigenvalue weighted by molar-refractivity contribution is 0.0690. The van der Waals surface area contributed by atoms with E-state index >= 15 is 0 Å². The third-order valence-corrected chi connectivity index (χ3v) is 3.42. The number of halogens is 1. The fourth-order valence-corrected chi connectivity index (χ4v) is 2.51. The molecule has 0 fully saturated rings. The first-order valence-corrected chi connectivity index (χ1v) is 6.54. The Morgan fingerprint density at radius 1 is 1.30 bits per heavy atom. The predicted octanol–water partition coefficient (Wildman–Crippen LogP) is 2.82. The molecule has 0 unspecified atom stereocenters. The molecule has 0 radical (unpaired) electrons. The number of hydrogen-bond acceptors (Lipinski definition) is 4. The normalized spacial score (nSPS) is 13.4. The molecule has 2 heterocycles. The predicted molar refractivity (Wildman–Crippen MR) is 73.3 cm³/mol.